The average molecular weight is 258 g/mol. The second-order valence-electron chi connectivity index (χ2n) is 4.78. The van der Waals surface area contributed by atoms with Crippen molar-refractivity contribution in [2.45, 2.75) is 25.5 Å². The van der Waals surface area contributed by atoms with Crippen LogP contribution in [0.3, 0.4) is 0 Å². The maximum absolute atomic E-state index is 12.5. The summed E-state index contributed by atoms with van der Waals surface area (Å²) in [4.78, 5) is 13.5. The molecular formula is C16H18OS. The number of hydrogen-bond donors (Lipinski definition) is 0. The van der Waals surface area contributed by atoms with Crippen LogP contribution < -0.4 is 0 Å². The topological polar surface area (TPSA) is 17.1 Å². The minimum Gasteiger partial charge on any atom is -0.289 e. The molecule has 1 heterocycles. The Balaban J connectivity index is 2.40. The van der Waals surface area contributed by atoms with Crippen LogP contribution in [0.2, 0.25) is 0 Å². The summed E-state index contributed by atoms with van der Waals surface area (Å²) in [6.07, 6.45) is 12.9. The molecule has 2 rings (SSSR count). The van der Waals surface area contributed by atoms with Crippen LogP contribution in [-0.4, -0.2) is 11.0 Å². The molecule has 0 aromatic carbocycles. The lowest BCUT2D eigenvalue weighted by Crippen LogP contribution is -2.22. The minimum atomic E-state index is 0.162. The lowest BCUT2D eigenvalue weighted by molar-refractivity contribution is -0.112. The van der Waals surface area contributed by atoms with E-state index >= 15 is 0 Å². The number of fused-ring (bicyclic) bond motifs is 1. The maximum Gasteiger partial charge on any atom is 0.191 e. The number of ketones is 1. The smallest absolute Gasteiger partial charge is 0.191 e. The summed E-state index contributed by atoms with van der Waals surface area (Å²) in [7, 11) is 0. The number of carbonyl (C=O) groups excluding carboxylic acids is 1. The van der Waals surface area contributed by atoms with Crippen LogP contribution in [0.1, 0.15) is 20.3 Å². The Hall–Kier alpha value is -1.28. The summed E-state index contributed by atoms with van der Waals surface area (Å²) < 4.78 is 0. The van der Waals surface area contributed by atoms with Crippen LogP contribution in [0.25, 0.3) is 0 Å². The van der Waals surface area contributed by atoms with Gasteiger partial charge in [-0.15, -0.1) is 11.8 Å². The number of hydrogen-bond acceptors (Lipinski definition) is 2. The minimum absolute atomic E-state index is 0.162. The number of Topliss-reactive ketones (excluding diaryl/α,β-unsaturated/α-hetero) is 1. The molecular weight excluding hydrogens is 240 g/mol. The van der Waals surface area contributed by atoms with Crippen molar-refractivity contribution in [3.05, 3.63) is 59.1 Å². The van der Waals surface area contributed by atoms with Crippen LogP contribution in [-0.2, 0) is 4.79 Å². The number of rotatable bonds is 3. The summed E-state index contributed by atoms with van der Waals surface area (Å²) in [5.74, 6) is 0.606. The fourth-order valence-electron chi connectivity index (χ4n) is 2.01. The predicted octanol–water partition coefficient (Wildman–Crippen LogP) is 4.21. The Labute approximate surface area is 113 Å². The van der Waals surface area contributed by atoms with E-state index in [1.54, 1.807) is 17.8 Å². The van der Waals surface area contributed by atoms with Crippen LogP contribution in [0.15, 0.2) is 59.1 Å². The van der Waals surface area contributed by atoms with Gasteiger partial charge in [-0.05, 0) is 12.3 Å². The van der Waals surface area contributed by atoms with Crippen molar-refractivity contribution in [1.29, 1.82) is 0 Å². The highest BCUT2D eigenvalue weighted by atomic mass is 32.2. The summed E-state index contributed by atoms with van der Waals surface area (Å²) in [6.45, 7) is 8.04. The van der Waals surface area contributed by atoms with E-state index < -0.39 is 0 Å². The molecule has 0 amide bonds. The van der Waals surface area contributed by atoms with Crippen molar-refractivity contribution < 1.29 is 4.79 Å². The standard InChI is InChI=1S/C16H18OS/c1-4-14-13(10-9-11(2)3)16(17)12-7-5-6-8-15(12)18-14/h4,6-11,15H,1,5H2,2-3H3. The number of thioether (sulfide) groups is 1. The van der Waals surface area contributed by atoms with Gasteiger partial charge < -0.3 is 0 Å². The van der Waals surface area contributed by atoms with Crippen molar-refractivity contribution in [3.8, 4) is 0 Å². The third-order valence-corrected chi connectivity index (χ3v) is 4.26. The van der Waals surface area contributed by atoms with Gasteiger partial charge in [0.05, 0.1) is 5.25 Å². The van der Waals surface area contributed by atoms with Crippen molar-refractivity contribution >= 4 is 17.5 Å². The van der Waals surface area contributed by atoms with Crippen LogP contribution in [0.5, 0.6) is 0 Å². The van der Waals surface area contributed by atoms with Gasteiger partial charge in [-0.25, -0.2) is 0 Å². The van der Waals surface area contributed by atoms with E-state index in [1.807, 2.05) is 12.2 Å². The first-order chi connectivity index (χ1) is 8.63. The fraction of sp³-hybridized carbons (Fsp3) is 0.312. The highest BCUT2D eigenvalue weighted by molar-refractivity contribution is 8.04. The fourth-order valence-corrected chi connectivity index (χ4v) is 3.19. The Morgan fingerprint density at radius 3 is 2.94 bits per heavy atom. The quantitative estimate of drug-likeness (QED) is 0.705. The highest BCUT2D eigenvalue weighted by Crippen LogP contribution is 2.40. The second kappa shape index (κ2) is 5.57. The molecule has 1 unspecified atom stereocenters. The second-order valence-corrected chi connectivity index (χ2v) is 5.96. The number of allylic oxidation sites excluding steroid dienone is 6. The third kappa shape index (κ3) is 2.59. The summed E-state index contributed by atoms with van der Waals surface area (Å²) in [6, 6.07) is 0. The van der Waals surface area contributed by atoms with Crippen molar-refractivity contribution in [1.82, 2.24) is 0 Å². The van der Waals surface area contributed by atoms with Crippen molar-refractivity contribution in [2.75, 3.05) is 0 Å². The molecule has 1 atom stereocenters. The van der Waals surface area contributed by atoms with E-state index in [2.05, 4.69) is 38.7 Å². The molecule has 0 bridgehead atoms. The molecule has 0 N–H and O–H groups in total. The average Bonchev–Trinajstić information content (AvgIpc) is 2.37. The monoisotopic (exact) mass is 258 g/mol. The van der Waals surface area contributed by atoms with Gasteiger partial charge >= 0.3 is 0 Å². The van der Waals surface area contributed by atoms with Crippen LogP contribution in [0, 0.1) is 5.92 Å². The van der Waals surface area contributed by atoms with Gasteiger partial charge in [0.1, 0.15) is 0 Å². The highest BCUT2D eigenvalue weighted by Gasteiger charge is 2.30. The summed E-state index contributed by atoms with van der Waals surface area (Å²) in [5.41, 5.74) is 1.72. The van der Waals surface area contributed by atoms with E-state index in [0.29, 0.717) is 5.92 Å². The Kier molecular flexibility index (Phi) is 4.07. The normalized spacial score (nSPS) is 23.6. The van der Waals surface area contributed by atoms with E-state index in [1.165, 1.54) is 0 Å². The zero-order chi connectivity index (χ0) is 13.1. The molecule has 18 heavy (non-hydrogen) atoms. The first-order valence-corrected chi connectivity index (χ1v) is 7.14. The molecule has 0 aromatic heterocycles. The van der Waals surface area contributed by atoms with Gasteiger partial charge in [-0.2, -0.15) is 0 Å². The maximum atomic E-state index is 12.5. The van der Waals surface area contributed by atoms with Crippen molar-refractivity contribution in [3.63, 3.8) is 0 Å². The zero-order valence-corrected chi connectivity index (χ0v) is 11.7. The molecule has 0 aromatic rings. The molecule has 94 valence electrons. The predicted molar refractivity (Wildman–Crippen MR) is 79.4 cm³/mol. The van der Waals surface area contributed by atoms with Gasteiger partial charge in [0.25, 0.3) is 0 Å². The van der Waals surface area contributed by atoms with Gasteiger partial charge in [-0.3, -0.25) is 4.79 Å². The SMILES string of the molecule is C=CC1=C(C=CC(C)C)C(=O)C2=CCC=CC2S1. The van der Waals surface area contributed by atoms with Crippen LogP contribution in [0.4, 0.5) is 0 Å². The Bertz CT molecular complexity index is 489. The molecule has 2 aliphatic rings. The summed E-state index contributed by atoms with van der Waals surface area (Å²) in [5, 5.41) is 0.176. The molecule has 0 saturated carbocycles. The van der Waals surface area contributed by atoms with Gasteiger partial charge in [0.2, 0.25) is 0 Å². The molecule has 0 fully saturated rings. The first kappa shape index (κ1) is 13.2. The third-order valence-electron chi connectivity index (χ3n) is 2.95. The molecule has 0 saturated heterocycles. The number of carbonyl (C=O) groups is 1. The van der Waals surface area contributed by atoms with E-state index in [-0.39, 0.29) is 11.0 Å². The van der Waals surface area contributed by atoms with E-state index in [4.69, 9.17) is 0 Å². The van der Waals surface area contributed by atoms with E-state index in [0.717, 1.165) is 22.5 Å². The molecule has 1 nitrogen and oxygen atoms in total. The lowest BCUT2D eigenvalue weighted by Gasteiger charge is -2.25. The van der Waals surface area contributed by atoms with Gasteiger partial charge in [0.15, 0.2) is 5.78 Å². The molecule has 0 spiro atoms. The molecule has 2 heteroatoms. The molecule has 1 aliphatic heterocycles. The van der Waals surface area contributed by atoms with Crippen molar-refractivity contribution in [2.24, 2.45) is 5.92 Å². The molecule has 0 radical (unpaired) electrons. The van der Waals surface area contributed by atoms with Crippen LogP contribution >= 0.6 is 11.8 Å². The van der Waals surface area contributed by atoms with Gasteiger partial charge in [-0.1, -0.05) is 56.9 Å². The largest absolute Gasteiger partial charge is 0.289 e. The molecule has 1 aliphatic carbocycles. The van der Waals surface area contributed by atoms with Gasteiger partial charge in [0, 0.05) is 16.1 Å². The summed E-state index contributed by atoms with van der Waals surface area (Å²) >= 11 is 1.71. The van der Waals surface area contributed by atoms with E-state index in [9.17, 15) is 4.79 Å². The first-order valence-electron chi connectivity index (χ1n) is 6.26. The zero-order valence-electron chi connectivity index (χ0n) is 10.8. The lowest BCUT2D eigenvalue weighted by atomic mass is 9.94. The Morgan fingerprint density at radius 2 is 2.28 bits per heavy atom. The Morgan fingerprint density at radius 1 is 1.50 bits per heavy atom.